The first-order valence-electron chi connectivity index (χ1n) is 9.02. The van der Waals surface area contributed by atoms with Crippen molar-refractivity contribution < 1.29 is 13.2 Å². The van der Waals surface area contributed by atoms with Crippen molar-refractivity contribution in [3.05, 3.63) is 95.0 Å². The third-order valence-corrected chi connectivity index (χ3v) is 6.53. The van der Waals surface area contributed by atoms with E-state index < -0.39 is 15.9 Å². The van der Waals surface area contributed by atoms with Crippen molar-refractivity contribution >= 4 is 33.2 Å². The van der Waals surface area contributed by atoms with Gasteiger partial charge < -0.3 is 5.32 Å². The highest BCUT2D eigenvalue weighted by atomic mass is 35.5. The molecule has 29 heavy (non-hydrogen) atoms. The van der Waals surface area contributed by atoms with Crippen LogP contribution in [0.5, 0.6) is 0 Å². The molecule has 0 aliphatic carbocycles. The molecule has 7 heteroatoms. The Kier molecular flexibility index (Phi) is 6.56. The van der Waals surface area contributed by atoms with Gasteiger partial charge in [-0.2, -0.15) is 0 Å². The van der Waals surface area contributed by atoms with Crippen molar-refractivity contribution in [2.75, 3.05) is 10.8 Å². The minimum Gasteiger partial charge on any atom is -0.350 e. The molecule has 0 heterocycles. The van der Waals surface area contributed by atoms with Gasteiger partial charge in [-0.1, -0.05) is 65.7 Å². The van der Waals surface area contributed by atoms with Gasteiger partial charge in [-0.25, -0.2) is 8.42 Å². The topological polar surface area (TPSA) is 66.5 Å². The SMILES string of the molecule is Cc1ccc(N(CC(=O)NCc2ccccc2Cl)S(=O)(=O)c2ccccc2)cc1. The predicted octanol–water partition coefficient (Wildman–Crippen LogP) is 4.16. The number of carbonyl (C=O) groups excluding carboxylic acids is 1. The molecule has 0 aliphatic heterocycles. The lowest BCUT2D eigenvalue weighted by molar-refractivity contribution is -0.119. The molecule has 150 valence electrons. The van der Waals surface area contributed by atoms with Crippen LogP contribution in [0.1, 0.15) is 11.1 Å². The van der Waals surface area contributed by atoms with Gasteiger partial charge >= 0.3 is 0 Å². The second kappa shape index (κ2) is 9.11. The first-order valence-corrected chi connectivity index (χ1v) is 10.8. The average molecular weight is 429 g/mol. The van der Waals surface area contributed by atoms with E-state index >= 15 is 0 Å². The minimum absolute atomic E-state index is 0.125. The molecule has 0 bridgehead atoms. The second-order valence-electron chi connectivity index (χ2n) is 6.53. The van der Waals surface area contributed by atoms with Gasteiger partial charge in [0, 0.05) is 11.6 Å². The summed E-state index contributed by atoms with van der Waals surface area (Å²) in [6, 6.07) is 22.2. The Bertz CT molecular complexity index is 1080. The lowest BCUT2D eigenvalue weighted by atomic mass is 10.2. The highest BCUT2D eigenvalue weighted by molar-refractivity contribution is 7.92. The Morgan fingerprint density at radius 2 is 1.55 bits per heavy atom. The zero-order chi connectivity index (χ0) is 20.9. The molecule has 3 aromatic rings. The average Bonchev–Trinajstić information content (AvgIpc) is 2.73. The fourth-order valence-corrected chi connectivity index (χ4v) is 4.41. The van der Waals surface area contributed by atoms with Gasteiger partial charge in [0.2, 0.25) is 5.91 Å². The molecular formula is C22H21ClN2O3S. The van der Waals surface area contributed by atoms with E-state index in [1.54, 1.807) is 48.5 Å². The Morgan fingerprint density at radius 1 is 0.931 bits per heavy atom. The maximum Gasteiger partial charge on any atom is 0.264 e. The molecule has 1 N–H and O–H groups in total. The van der Waals surface area contributed by atoms with Gasteiger partial charge in [-0.15, -0.1) is 0 Å². The summed E-state index contributed by atoms with van der Waals surface area (Å²) in [6.45, 7) is 1.78. The number of amides is 1. The molecule has 0 aromatic heterocycles. The van der Waals surface area contributed by atoms with E-state index in [1.807, 2.05) is 25.1 Å². The van der Waals surface area contributed by atoms with Crippen LogP contribution in [0, 0.1) is 6.92 Å². The predicted molar refractivity (Wildman–Crippen MR) is 115 cm³/mol. The van der Waals surface area contributed by atoms with Crippen LogP contribution in [0.2, 0.25) is 5.02 Å². The lowest BCUT2D eigenvalue weighted by Gasteiger charge is -2.24. The highest BCUT2D eigenvalue weighted by Crippen LogP contribution is 2.24. The first-order chi connectivity index (χ1) is 13.9. The molecule has 5 nitrogen and oxygen atoms in total. The number of carbonyl (C=O) groups is 1. The quantitative estimate of drug-likeness (QED) is 0.614. The molecule has 0 spiro atoms. The number of nitrogens with zero attached hydrogens (tertiary/aromatic N) is 1. The number of sulfonamides is 1. The molecule has 0 unspecified atom stereocenters. The Morgan fingerprint density at radius 3 is 2.21 bits per heavy atom. The third-order valence-electron chi connectivity index (χ3n) is 4.37. The van der Waals surface area contributed by atoms with Gasteiger partial charge in [0.1, 0.15) is 6.54 Å². The van der Waals surface area contributed by atoms with Gasteiger partial charge in [-0.3, -0.25) is 9.10 Å². The number of anilines is 1. The van der Waals surface area contributed by atoms with Crippen molar-refractivity contribution in [2.45, 2.75) is 18.4 Å². The fourth-order valence-electron chi connectivity index (χ4n) is 2.77. The summed E-state index contributed by atoms with van der Waals surface area (Å²) in [5.74, 6) is -0.426. The van der Waals surface area contributed by atoms with Crippen molar-refractivity contribution in [3.8, 4) is 0 Å². The van der Waals surface area contributed by atoms with Crippen LogP contribution in [-0.4, -0.2) is 20.9 Å². The van der Waals surface area contributed by atoms with E-state index in [0.717, 1.165) is 15.4 Å². The number of hydrogen-bond acceptors (Lipinski definition) is 3. The summed E-state index contributed by atoms with van der Waals surface area (Å²) in [7, 11) is -3.91. The number of halogens is 1. The van der Waals surface area contributed by atoms with Crippen molar-refractivity contribution in [3.63, 3.8) is 0 Å². The minimum atomic E-state index is -3.91. The Labute approximate surface area is 176 Å². The summed E-state index contributed by atoms with van der Waals surface area (Å²) in [4.78, 5) is 12.7. The van der Waals surface area contributed by atoms with Gasteiger partial charge in [-0.05, 0) is 42.8 Å². The summed E-state index contributed by atoms with van der Waals surface area (Å²) in [5.41, 5.74) is 2.18. The molecular weight excluding hydrogens is 408 g/mol. The number of hydrogen-bond donors (Lipinski definition) is 1. The number of benzene rings is 3. The smallest absolute Gasteiger partial charge is 0.264 e. The zero-order valence-electron chi connectivity index (χ0n) is 15.9. The number of aryl methyl sites for hydroxylation is 1. The zero-order valence-corrected chi connectivity index (χ0v) is 17.5. The van der Waals surface area contributed by atoms with Crippen LogP contribution in [0.3, 0.4) is 0 Å². The lowest BCUT2D eigenvalue weighted by Crippen LogP contribution is -2.40. The third kappa shape index (κ3) is 5.16. The number of nitrogens with one attached hydrogen (secondary N) is 1. The largest absolute Gasteiger partial charge is 0.350 e. The second-order valence-corrected chi connectivity index (χ2v) is 8.80. The summed E-state index contributed by atoms with van der Waals surface area (Å²) < 4.78 is 27.5. The van der Waals surface area contributed by atoms with Crippen molar-refractivity contribution in [2.24, 2.45) is 0 Å². The molecule has 0 fully saturated rings. The molecule has 1 amide bonds. The first kappa shape index (κ1) is 20.9. The molecule has 3 aromatic carbocycles. The standard InChI is InChI=1S/C22H21ClN2O3S/c1-17-11-13-19(14-12-17)25(29(27,28)20-8-3-2-4-9-20)16-22(26)24-15-18-7-5-6-10-21(18)23/h2-14H,15-16H2,1H3,(H,24,26). The van der Waals surface area contributed by atoms with E-state index in [-0.39, 0.29) is 18.0 Å². The molecule has 0 saturated carbocycles. The van der Waals surface area contributed by atoms with Gasteiger partial charge in [0.25, 0.3) is 10.0 Å². The maximum atomic E-state index is 13.2. The fraction of sp³-hybridized carbons (Fsp3) is 0.136. The number of rotatable bonds is 7. The van der Waals surface area contributed by atoms with E-state index in [2.05, 4.69) is 5.32 Å². The van der Waals surface area contributed by atoms with Crippen LogP contribution in [0.25, 0.3) is 0 Å². The van der Waals surface area contributed by atoms with Crippen molar-refractivity contribution in [1.29, 1.82) is 0 Å². The normalized spacial score (nSPS) is 11.1. The summed E-state index contributed by atoms with van der Waals surface area (Å²) >= 11 is 6.12. The van der Waals surface area contributed by atoms with Crippen LogP contribution >= 0.6 is 11.6 Å². The van der Waals surface area contributed by atoms with Gasteiger partial charge in [0.05, 0.1) is 10.6 Å². The van der Waals surface area contributed by atoms with E-state index in [9.17, 15) is 13.2 Å². The van der Waals surface area contributed by atoms with Crippen LogP contribution in [0.4, 0.5) is 5.69 Å². The monoisotopic (exact) mass is 428 g/mol. The van der Waals surface area contributed by atoms with E-state index in [0.29, 0.717) is 10.7 Å². The maximum absolute atomic E-state index is 13.2. The molecule has 0 atom stereocenters. The molecule has 0 saturated heterocycles. The van der Waals surface area contributed by atoms with Gasteiger partial charge in [0.15, 0.2) is 0 Å². The van der Waals surface area contributed by atoms with Crippen LogP contribution < -0.4 is 9.62 Å². The molecule has 0 aliphatic rings. The molecule has 0 radical (unpaired) electrons. The molecule has 3 rings (SSSR count). The Balaban J connectivity index is 1.84. The van der Waals surface area contributed by atoms with Crippen molar-refractivity contribution in [1.82, 2.24) is 5.32 Å². The van der Waals surface area contributed by atoms with E-state index in [4.69, 9.17) is 11.6 Å². The van der Waals surface area contributed by atoms with Crippen LogP contribution in [-0.2, 0) is 21.4 Å². The van der Waals surface area contributed by atoms with Crippen LogP contribution in [0.15, 0.2) is 83.8 Å². The summed E-state index contributed by atoms with van der Waals surface area (Å²) in [5, 5.41) is 3.29. The Hall–Kier alpha value is -2.83. The van der Waals surface area contributed by atoms with E-state index in [1.165, 1.54) is 12.1 Å². The highest BCUT2D eigenvalue weighted by Gasteiger charge is 2.27. The summed E-state index contributed by atoms with van der Waals surface area (Å²) in [6.07, 6.45) is 0.